The van der Waals surface area contributed by atoms with Gasteiger partial charge in [-0.3, -0.25) is 0 Å². The first-order chi connectivity index (χ1) is 10.1. The number of quaternary nitrogens is 1. The Kier molecular flexibility index (Phi) is 5.57. The van der Waals surface area contributed by atoms with Crippen LogP contribution >= 0.6 is 0 Å². The molecule has 0 amide bonds. The Morgan fingerprint density at radius 3 is 2.57 bits per heavy atom. The highest BCUT2D eigenvalue weighted by molar-refractivity contribution is 5.81. The number of hydroxylamine groups is 2. The van der Waals surface area contributed by atoms with Crippen LogP contribution in [0.2, 0.25) is 0 Å². The van der Waals surface area contributed by atoms with Crippen LogP contribution in [0.15, 0.2) is 30.5 Å². The molecule has 1 aromatic carbocycles. The minimum atomic E-state index is -0.0512. The second-order valence-corrected chi connectivity index (χ2v) is 6.32. The van der Waals surface area contributed by atoms with Crippen LogP contribution in [-0.2, 0) is 0 Å². The van der Waals surface area contributed by atoms with Crippen molar-refractivity contribution in [3.63, 3.8) is 0 Å². The Labute approximate surface area is 128 Å². The number of hydrogen-bond acceptors (Lipinski definition) is 2. The molecule has 1 unspecified atom stereocenters. The first kappa shape index (κ1) is 16.2. The summed E-state index contributed by atoms with van der Waals surface area (Å²) >= 11 is 0. The van der Waals surface area contributed by atoms with Crippen LogP contribution in [0.4, 0.5) is 5.69 Å². The van der Waals surface area contributed by atoms with E-state index in [1.165, 1.54) is 31.3 Å². The fourth-order valence-corrected chi connectivity index (χ4v) is 3.13. The molecule has 1 heterocycles. The summed E-state index contributed by atoms with van der Waals surface area (Å²) in [5, 5.41) is 11.0. The molecule has 3 heteroatoms. The molecule has 0 saturated carbocycles. The number of rotatable bonds is 8. The van der Waals surface area contributed by atoms with Gasteiger partial charge in [0, 0.05) is 29.7 Å². The molecule has 1 aromatic rings. The van der Waals surface area contributed by atoms with Crippen LogP contribution in [-0.4, -0.2) is 17.8 Å². The highest BCUT2D eigenvalue weighted by atomic mass is 16.5. The molecule has 116 valence electrons. The molecular weight excluding hydrogens is 260 g/mol. The molecule has 0 spiro atoms. The summed E-state index contributed by atoms with van der Waals surface area (Å²) in [6, 6.07) is 8.27. The van der Waals surface area contributed by atoms with E-state index in [0.717, 1.165) is 30.6 Å². The molecule has 0 aliphatic carbocycles. The largest absolute Gasteiger partial charge is 0.328 e. The Morgan fingerprint density at radius 1 is 1.14 bits per heavy atom. The predicted octanol–water partition coefficient (Wildman–Crippen LogP) is 4.45. The van der Waals surface area contributed by atoms with Gasteiger partial charge in [0.1, 0.15) is 12.7 Å². The second kappa shape index (κ2) is 7.21. The van der Waals surface area contributed by atoms with Gasteiger partial charge < -0.3 is 5.73 Å². The van der Waals surface area contributed by atoms with E-state index in [1.807, 2.05) is 31.3 Å². The molecule has 21 heavy (non-hydrogen) atoms. The number of benzene rings is 1. The molecule has 0 saturated heterocycles. The summed E-state index contributed by atoms with van der Waals surface area (Å²) in [7, 11) is 0. The minimum Gasteiger partial charge on any atom is -0.328 e. The number of fused-ring (bicyclic) bond motifs is 1. The summed E-state index contributed by atoms with van der Waals surface area (Å²) in [5.74, 6) is 0. The zero-order valence-electron chi connectivity index (χ0n) is 13.4. The zero-order chi connectivity index (χ0) is 15.3. The normalized spacial score (nSPS) is 22.0. The maximum Gasteiger partial charge on any atom is 0.177 e. The molecule has 2 atom stereocenters. The Hall–Kier alpha value is -1.16. The number of hydrogen-bond donors (Lipinski definition) is 2. The van der Waals surface area contributed by atoms with Gasteiger partial charge in [-0.05, 0) is 25.8 Å². The van der Waals surface area contributed by atoms with Gasteiger partial charge in [0.2, 0.25) is 0 Å². The summed E-state index contributed by atoms with van der Waals surface area (Å²) < 4.78 is -0.0512. The van der Waals surface area contributed by atoms with Crippen LogP contribution in [0.1, 0.15) is 57.9 Å². The lowest BCUT2D eigenvalue weighted by Gasteiger charge is -2.22. The molecule has 0 radical (unpaired) electrons. The summed E-state index contributed by atoms with van der Waals surface area (Å²) in [5.41, 5.74) is 9.28. The van der Waals surface area contributed by atoms with Gasteiger partial charge >= 0.3 is 0 Å². The maximum absolute atomic E-state index is 11.0. The maximum atomic E-state index is 11.0. The van der Waals surface area contributed by atoms with Gasteiger partial charge in [0.25, 0.3) is 0 Å². The SMILES string of the molecule is CCCCCCC[N+]1(O)C=C(C[C@@H](C)N)c2ccccc21. The van der Waals surface area contributed by atoms with Crippen LogP contribution in [0.3, 0.4) is 0 Å². The first-order valence-electron chi connectivity index (χ1n) is 8.24. The minimum absolute atomic E-state index is 0.0512. The van der Waals surface area contributed by atoms with E-state index in [1.54, 1.807) is 0 Å². The van der Waals surface area contributed by atoms with Crippen molar-refractivity contribution in [3.8, 4) is 0 Å². The van der Waals surface area contributed by atoms with E-state index >= 15 is 0 Å². The van der Waals surface area contributed by atoms with Crippen LogP contribution in [0.5, 0.6) is 0 Å². The van der Waals surface area contributed by atoms with Gasteiger partial charge in [-0.2, -0.15) is 0 Å². The Balaban J connectivity index is 2.09. The molecule has 0 fully saturated rings. The third-order valence-corrected chi connectivity index (χ3v) is 4.18. The second-order valence-electron chi connectivity index (χ2n) is 6.32. The average molecular weight is 289 g/mol. The van der Waals surface area contributed by atoms with E-state index in [2.05, 4.69) is 13.0 Å². The van der Waals surface area contributed by atoms with E-state index < -0.39 is 0 Å². The van der Waals surface area contributed by atoms with Gasteiger partial charge in [-0.15, -0.1) is 4.65 Å². The third-order valence-electron chi connectivity index (χ3n) is 4.18. The lowest BCUT2D eigenvalue weighted by molar-refractivity contribution is -0.0298. The van der Waals surface area contributed by atoms with Crippen molar-refractivity contribution >= 4 is 11.3 Å². The number of nitrogens with two attached hydrogens (primary N) is 1. The average Bonchev–Trinajstić information content (AvgIpc) is 2.72. The molecular formula is C18H29N2O+. The van der Waals surface area contributed by atoms with Gasteiger partial charge in [0.15, 0.2) is 5.69 Å². The monoisotopic (exact) mass is 289 g/mol. The summed E-state index contributed by atoms with van der Waals surface area (Å²) in [6.45, 7) is 4.99. The highest BCUT2D eigenvalue weighted by Gasteiger charge is 2.37. The van der Waals surface area contributed by atoms with Crippen molar-refractivity contribution in [1.29, 1.82) is 0 Å². The van der Waals surface area contributed by atoms with Crippen molar-refractivity contribution < 1.29 is 5.21 Å². The van der Waals surface area contributed by atoms with E-state index in [0.29, 0.717) is 0 Å². The lowest BCUT2D eigenvalue weighted by Crippen LogP contribution is -2.39. The van der Waals surface area contributed by atoms with Crippen molar-refractivity contribution in [1.82, 2.24) is 4.65 Å². The molecule has 1 aliphatic rings. The van der Waals surface area contributed by atoms with Crippen LogP contribution in [0.25, 0.3) is 5.57 Å². The van der Waals surface area contributed by atoms with Gasteiger partial charge in [-0.1, -0.05) is 38.3 Å². The van der Waals surface area contributed by atoms with Crippen molar-refractivity contribution in [2.24, 2.45) is 5.73 Å². The number of unbranched alkanes of at least 4 members (excludes halogenated alkanes) is 4. The van der Waals surface area contributed by atoms with Crippen molar-refractivity contribution in [2.45, 2.75) is 58.4 Å². The Morgan fingerprint density at radius 2 is 1.86 bits per heavy atom. The highest BCUT2D eigenvalue weighted by Crippen LogP contribution is 2.40. The third kappa shape index (κ3) is 3.94. The molecule has 3 nitrogen and oxygen atoms in total. The number of para-hydroxylation sites is 1. The van der Waals surface area contributed by atoms with Gasteiger partial charge in [-0.25, -0.2) is 5.21 Å². The van der Waals surface area contributed by atoms with Crippen molar-refractivity contribution in [3.05, 3.63) is 36.0 Å². The lowest BCUT2D eigenvalue weighted by atomic mass is 10.0. The standard InChI is InChI=1S/C18H29N2O/c1-3-4-5-6-9-12-20(21)14-16(13-15(2)19)17-10-7-8-11-18(17)20/h7-8,10-11,14-15,21H,3-6,9,12-13,19H2,1-2H3/q+1/t15-,20?/m1/s1. The molecule has 2 rings (SSSR count). The fourth-order valence-electron chi connectivity index (χ4n) is 3.13. The summed E-state index contributed by atoms with van der Waals surface area (Å²) in [4.78, 5) is 0. The van der Waals surface area contributed by atoms with Gasteiger partial charge in [0.05, 0.1) is 0 Å². The van der Waals surface area contributed by atoms with E-state index in [9.17, 15) is 5.21 Å². The molecule has 0 aromatic heterocycles. The quantitative estimate of drug-likeness (QED) is 0.549. The van der Waals surface area contributed by atoms with E-state index in [4.69, 9.17) is 5.73 Å². The molecule has 0 bridgehead atoms. The fraction of sp³-hybridized carbons (Fsp3) is 0.556. The Bertz CT molecular complexity index is 496. The topological polar surface area (TPSA) is 46.2 Å². The smallest absolute Gasteiger partial charge is 0.177 e. The molecule has 3 N–H and O–H groups in total. The molecule has 1 aliphatic heterocycles. The van der Waals surface area contributed by atoms with Crippen molar-refractivity contribution in [2.75, 3.05) is 6.54 Å². The van der Waals surface area contributed by atoms with E-state index in [-0.39, 0.29) is 10.7 Å². The zero-order valence-corrected chi connectivity index (χ0v) is 13.4. The predicted molar refractivity (Wildman–Crippen MR) is 89.9 cm³/mol. The summed E-state index contributed by atoms with van der Waals surface area (Å²) in [6.07, 6.45) is 8.84. The number of nitrogens with zero attached hydrogens (tertiary/aromatic N) is 1. The van der Waals surface area contributed by atoms with Crippen LogP contribution < -0.4 is 10.4 Å². The van der Waals surface area contributed by atoms with Crippen LogP contribution in [0, 0.1) is 0 Å². The first-order valence-corrected chi connectivity index (χ1v) is 8.24.